The van der Waals surface area contributed by atoms with E-state index in [4.69, 9.17) is 9.48 Å². The van der Waals surface area contributed by atoms with E-state index in [1.807, 2.05) is 48.5 Å². The molecule has 0 aromatic heterocycles. The van der Waals surface area contributed by atoms with E-state index in [0.717, 1.165) is 22.8 Å². The summed E-state index contributed by atoms with van der Waals surface area (Å²) in [4.78, 5) is 0. The molecule has 0 saturated heterocycles. The van der Waals surface area contributed by atoms with Crippen molar-refractivity contribution in [2.45, 2.75) is 0 Å². The van der Waals surface area contributed by atoms with Gasteiger partial charge in [-0.05, 0) is 48.5 Å². The predicted octanol–water partition coefficient (Wildman–Crippen LogP) is 7.92. The van der Waals surface area contributed by atoms with Crippen molar-refractivity contribution in [3.05, 3.63) is 140 Å². The van der Waals surface area contributed by atoms with Gasteiger partial charge in [-0.25, -0.2) is 0 Å². The molecule has 176 valence electrons. The Hall–Kier alpha value is -4.27. The minimum absolute atomic E-state index is 0.770. The highest BCUT2D eigenvalue weighted by Gasteiger charge is 2.27. The van der Waals surface area contributed by atoms with Crippen molar-refractivity contribution >= 4 is 40.0 Å². The van der Waals surface area contributed by atoms with Crippen LogP contribution < -0.4 is 20.7 Å². The van der Waals surface area contributed by atoms with E-state index in [1.165, 1.54) is 15.9 Å². The van der Waals surface area contributed by atoms with Crippen molar-refractivity contribution in [2.75, 3.05) is 7.11 Å². The number of methoxy groups -OCH3 is 1. The summed E-state index contributed by atoms with van der Waals surface area (Å²) in [6.07, 6.45) is 0. The van der Waals surface area contributed by atoms with Gasteiger partial charge in [0, 0.05) is 15.9 Å². The summed E-state index contributed by atoms with van der Waals surface area (Å²) in [5.41, 5.74) is 2.45. The fourth-order valence-electron chi connectivity index (χ4n) is 4.08. The Morgan fingerprint density at radius 1 is 0.444 bits per heavy atom. The Morgan fingerprint density at radius 2 is 0.806 bits per heavy atom. The highest BCUT2D eigenvalue weighted by atomic mass is 31.2. The van der Waals surface area contributed by atoms with Crippen LogP contribution in [-0.2, 0) is 0 Å². The molecule has 0 atom stereocenters. The fourth-order valence-corrected chi connectivity index (χ4v) is 7.61. The summed E-state index contributed by atoms with van der Waals surface area (Å²) in [5.74, 6) is 0.793. The number of nitrogens with zero attached hydrogens (tertiary/aromatic N) is 3. The van der Waals surface area contributed by atoms with Gasteiger partial charge < -0.3 is 4.74 Å². The van der Waals surface area contributed by atoms with Crippen LogP contribution in [-0.4, -0.2) is 7.11 Å². The summed E-state index contributed by atoms with van der Waals surface area (Å²) in [6.45, 7) is 0. The van der Waals surface area contributed by atoms with Crippen LogP contribution in [0.3, 0.4) is 0 Å². The average Bonchev–Trinajstić information content (AvgIpc) is 2.97. The lowest BCUT2D eigenvalue weighted by atomic mass is 10.3. The predicted molar refractivity (Wildman–Crippen MR) is 151 cm³/mol. The molecule has 0 aliphatic carbocycles. The number of ether oxygens (including phenoxy) is 1. The highest BCUT2D eigenvalue weighted by Crippen LogP contribution is 2.49. The lowest BCUT2D eigenvalue weighted by molar-refractivity contribution is 0.415. The second-order valence-corrected chi connectivity index (χ2v) is 11.2. The zero-order valence-electron chi connectivity index (χ0n) is 20.0. The summed E-state index contributed by atoms with van der Waals surface area (Å²) in [5, 5.41) is 12.4. The minimum Gasteiger partial charge on any atom is -0.497 e. The molecule has 0 amide bonds. The molecule has 0 saturated carbocycles. The molecule has 4 nitrogen and oxygen atoms in total. The van der Waals surface area contributed by atoms with Gasteiger partial charge in [0.1, 0.15) is 5.75 Å². The smallest absolute Gasteiger partial charge is 0.119 e. The molecule has 0 bridgehead atoms. The van der Waals surface area contributed by atoms with Crippen molar-refractivity contribution in [1.82, 2.24) is 0 Å². The van der Waals surface area contributed by atoms with E-state index in [1.54, 1.807) is 7.11 Å². The van der Waals surface area contributed by atoms with Gasteiger partial charge in [0.05, 0.1) is 31.2 Å². The Kier molecular flexibility index (Phi) is 7.16. The van der Waals surface area contributed by atoms with Crippen molar-refractivity contribution < 1.29 is 4.74 Å². The Morgan fingerprint density at radius 3 is 1.19 bits per heavy atom. The van der Waals surface area contributed by atoms with E-state index in [9.17, 15) is 0 Å². The number of hydrogen-bond donors (Lipinski definition) is 0. The van der Waals surface area contributed by atoms with Gasteiger partial charge in [0.25, 0.3) is 0 Å². The van der Waals surface area contributed by atoms with E-state index in [2.05, 4.69) is 101 Å². The van der Waals surface area contributed by atoms with Crippen molar-refractivity contribution in [1.29, 1.82) is 0 Å². The normalized spacial score (nSPS) is 11.4. The molecule has 0 heterocycles. The lowest BCUT2D eigenvalue weighted by Gasteiger charge is -2.27. The number of benzene rings is 5. The Labute approximate surface area is 212 Å². The first-order valence-corrected chi connectivity index (χ1v) is 13.5. The molecule has 5 aromatic rings. The van der Waals surface area contributed by atoms with Crippen molar-refractivity contribution in [3.63, 3.8) is 0 Å². The highest BCUT2D eigenvalue weighted by molar-refractivity contribution is 7.87. The molecule has 0 fully saturated rings. The number of rotatable bonds is 7. The first kappa shape index (κ1) is 23.5. The third-order valence-corrected chi connectivity index (χ3v) is 9.53. The zero-order chi connectivity index (χ0) is 24.6. The van der Waals surface area contributed by atoms with Crippen LogP contribution in [0.1, 0.15) is 0 Å². The average molecular weight is 488 g/mol. The van der Waals surface area contributed by atoms with Crippen LogP contribution in [0.2, 0.25) is 0 Å². The van der Waals surface area contributed by atoms with Gasteiger partial charge >= 0.3 is 0 Å². The maximum Gasteiger partial charge on any atom is 0.119 e. The van der Waals surface area contributed by atoms with Crippen molar-refractivity contribution in [3.8, 4) is 5.75 Å². The third kappa shape index (κ3) is 5.05. The van der Waals surface area contributed by atoms with Crippen LogP contribution in [0.4, 0.5) is 17.1 Å². The molecule has 5 aromatic carbocycles. The van der Waals surface area contributed by atoms with Gasteiger partial charge in [-0.3, -0.25) is 4.74 Å². The SMILES string of the molecule is COc1ccc(N=Nc2ccc(N=P(c3ccccc3)(c3ccccc3)c3ccccc3)cc2)cc1. The molecule has 36 heavy (non-hydrogen) atoms. The molecule has 0 radical (unpaired) electrons. The molecule has 0 unspecified atom stereocenters. The molecule has 0 N–H and O–H groups in total. The Balaban J connectivity index is 1.59. The Bertz CT molecular complexity index is 1380. The largest absolute Gasteiger partial charge is 0.497 e. The van der Waals surface area contributed by atoms with Gasteiger partial charge in [0.2, 0.25) is 0 Å². The maximum absolute atomic E-state index is 5.50. The first-order valence-electron chi connectivity index (χ1n) is 11.7. The molecule has 0 aliphatic heterocycles. The second-order valence-electron chi connectivity index (χ2n) is 8.16. The van der Waals surface area contributed by atoms with Gasteiger partial charge in [-0.2, -0.15) is 10.2 Å². The third-order valence-electron chi connectivity index (χ3n) is 5.86. The summed E-state index contributed by atoms with van der Waals surface area (Å²) in [7, 11) is -0.656. The number of azo groups is 1. The summed E-state index contributed by atoms with van der Waals surface area (Å²) >= 11 is 0. The van der Waals surface area contributed by atoms with Crippen molar-refractivity contribution in [2.24, 2.45) is 15.0 Å². The van der Waals surface area contributed by atoms with Gasteiger partial charge in [0.15, 0.2) is 0 Å². The van der Waals surface area contributed by atoms with Crippen LogP contribution in [0.25, 0.3) is 0 Å². The molecule has 5 rings (SSSR count). The van der Waals surface area contributed by atoms with Crippen LogP contribution in [0.5, 0.6) is 5.75 Å². The second kappa shape index (κ2) is 11.0. The van der Waals surface area contributed by atoms with Crippen LogP contribution >= 0.6 is 7.05 Å². The van der Waals surface area contributed by atoms with Gasteiger partial charge in [-0.15, -0.1) is 0 Å². The first-order chi connectivity index (χ1) is 17.8. The lowest BCUT2D eigenvalue weighted by Crippen LogP contribution is -2.25. The minimum atomic E-state index is -2.30. The molecule has 0 aliphatic rings. The molecule has 0 spiro atoms. The van der Waals surface area contributed by atoms with E-state index >= 15 is 0 Å². The van der Waals surface area contributed by atoms with Gasteiger partial charge in [-0.1, -0.05) is 91.0 Å². The number of hydrogen-bond acceptors (Lipinski definition) is 4. The van der Waals surface area contributed by atoms with Crippen LogP contribution in [0.15, 0.2) is 154 Å². The molecular weight excluding hydrogens is 461 g/mol. The summed E-state index contributed by atoms with van der Waals surface area (Å²) in [6, 6.07) is 47.3. The molecule has 5 heteroatoms. The molecular formula is C31H26N3OP. The fraction of sp³-hybridized carbons (Fsp3) is 0.0323. The monoisotopic (exact) mass is 487 g/mol. The maximum atomic E-state index is 5.50. The zero-order valence-corrected chi connectivity index (χ0v) is 20.9. The standard InChI is InChI=1S/C31H26N3OP/c1-35-28-23-21-26(22-24-28)33-32-25-17-19-27(20-18-25)34-36(29-11-5-2-6-12-29,30-13-7-3-8-14-30)31-15-9-4-10-16-31/h2-24H,1H3. The summed E-state index contributed by atoms with van der Waals surface area (Å²) < 4.78 is 10.7. The van der Waals surface area contributed by atoms with Crippen LogP contribution in [0, 0.1) is 0 Å². The van der Waals surface area contributed by atoms with E-state index in [0.29, 0.717) is 0 Å². The van der Waals surface area contributed by atoms with E-state index in [-0.39, 0.29) is 0 Å². The van der Waals surface area contributed by atoms with E-state index < -0.39 is 7.05 Å². The topological polar surface area (TPSA) is 46.3 Å². The quantitative estimate of drug-likeness (QED) is 0.170.